The standard InChI is InChI=1S/C27H32N2O5/c1-18(15-25(31)32)11-14-28-24(30)16-27(12-6-13-27)29-26(33)34-17-23-21-9-4-2-7-19(21)20-8-3-5-10-22(20)23/h2-5,7-10,18,23H,6,11-17H2,1H3,(H,28,30)(H,29,33)(H,31,32). The number of carboxylic acid groups (broad SMARTS) is 1. The van der Waals surface area contributed by atoms with Gasteiger partial charge in [0, 0.05) is 25.3 Å². The van der Waals surface area contributed by atoms with Crippen LogP contribution in [0.2, 0.25) is 0 Å². The predicted molar refractivity (Wildman–Crippen MR) is 128 cm³/mol. The fourth-order valence-corrected chi connectivity index (χ4v) is 5.03. The lowest BCUT2D eigenvalue weighted by Gasteiger charge is -2.41. The predicted octanol–water partition coefficient (Wildman–Crippen LogP) is 4.46. The molecule has 2 aliphatic carbocycles. The second-order valence-corrected chi connectivity index (χ2v) is 9.60. The van der Waals surface area contributed by atoms with E-state index in [2.05, 4.69) is 34.9 Å². The molecule has 0 saturated heterocycles. The lowest BCUT2D eigenvalue weighted by molar-refractivity contribution is -0.138. The summed E-state index contributed by atoms with van der Waals surface area (Å²) in [5, 5.41) is 14.7. The van der Waals surface area contributed by atoms with Crippen molar-refractivity contribution >= 4 is 18.0 Å². The van der Waals surface area contributed by atoms with Crippen LogP contribution in [-0.4, -0.2) is 41.8 Å². The molecule has 4 rings (SSSR count). The Hall–Kier alpha value is -3.35. The maximum atomic E-state index is 12.7. The highest BCUT2D eigenvalue weighted by atomic mass is 16.5. The monoisotopic (exact) mass is 464 g/mol. The number of ether oxygens (including phenoxy) is 1. The van der Waals surface area contributed by atoms with E-state index in [1.165, 1.54) is 11.1 Å². The molecule has 2 amide bonds. The van der Waals surface area contributed by atoms with Gasteiger partial charge in [-0.2, -0.15) is 0 Å². The first-order valence-corrected chi connectivity index (χ1v) is 12.0. The van der Waals surface area contributed by atoms with E-state index in [1.807, 2.05) is 31.2 Å². The summed E-state index contributed by atoms with van der Waals surface area (Å²) in [5.41, 5.74) is 4.10. The van der Waals surface area contributed by atoms with Gasteiger partial charge in [-0.3, -0.25) is 9.59 Å². The number of hydrogen-bond donors (Lipinski definition) is 3. The zero-order valence-electron chi connectivity index (χ0n) is 19.5. The van der Waals surface area contributed by atoms with Crippen LogP contribution in [0.3, 0.4) is 0 Å². The Labute approximate surface area is 199 Å². The van der Waals surface area contributed by atoms with Gasteiger partial charge in [0.2, 0.25) is 5.91 Å². The molecule has 7 heteroatoms. The first-order valence-electron chi connectivity index (χ1n) is 12.0. The van der Waals surface area contributed by atoms with Gasteiger partial charge < -0.3 is 20.5 Å². The molecule has 3 N–H and O–H groups in total. The molecule has 0 aliphatic heterocycles. The van der Waals surface area contributed by atoms with Gasteiger partial charge in [0.15, 0.2) is 0 Å². The normalized spacial score (nSPS) is 16.5. The highest BCUT2D eigenvalue weighted by Crippen LogP contribution is 2.44. The van der Waals surface area contributed by atoms with Gasteiger partial charge in [0.25, 0.3) is 0 Å². The zero-order valence-corrected chi connectivity index (χ0v) is 19.5. The van der Waals surface area contributed by atoms with Gasteiger partial charge >= 0.3 is 12.1 Å². The second kappa shape index (κ2) is 10.3. The van der Waals surface area contributed by atoms with Crippen LogP contribution in [0.4, 0.5) is 4.79 Å². The van der Waals surface area contributed by atoms with E-state index in [9.17, 15) is 14.4 Å². The average Bonchev–Trinajstić information content (AvgIpc) is 3.09. The van der Waals surface area contributed by atoms with Crippen LogP contribution in [0.25, 0.3) is 11.1 Å². The minimum atomic E-state index is -0.834. The molecule has 2 aromatic carbocycles. The first kappa shape index (κ1) is 23.8. The molecule has 1 atom stereocenters. The van der Waals surface area contributed by atoms with Crippen molar-refractivity contribution < 1.29 is 24.2 Å². The first-order chi connectivity index (χ1) is 16.4. The number of rotatable bonds is 10. The summed E-state index contributed by atoms with van der Waals surface area (Å²) < 4.78 is 5.66. The Morgan fingerprint density at radius 3 is 2.24 bits per heavy atom. The van der Waals surface area contributed by atoms with E-state index in [1.54, 1.807) is 0 Å². The van der Waals surface area contributed by atoms with Gasteiger partial charge in [0.05, 0.1) is 5.54 Å². The molecule has 7 nitrogen and oxygen atoms in total. The Kier molecular flexibility index (Phi) is 7.20. The van der Waals surface area contributed by atoms with E-state index >= 15 is 0 Å². The SMILES string of the molecule is CC(CCNC(=O)CC1(NC(=O)OCC2c3ccccc3-c3ccccc32)CCC1)CC(=O)O. The number of aliphatic carboxylic acids is 1. The van der Waals surface area contributed by atoms with E-state index in [0.717, 1.165) is 30.4 Å². The summed E-state index contributed by atoms with van der Waals surface area (Å²) in [4.78, 5) is 35.9. The molecule has 34 heavy (non-hydrogen) atoms. The third-order valence-electron chi connectivity index (χ3n) is 7.00. The molecule has 180 valence electrons. The lowest BCUT2D eigenvalue weighted by atomic mass is 9.74. The highest BCUT2D eigenvalue weighted by Gasteiger charge is 2.41. The molecule has 2 aliphatic rings. The topological polar surface area (TPSA) is 105 Å². The van der Waals surface area contributed by atoms with Gasteiger partial charge in [-0.15, -0.1) is 0 Å². The van der Waals surface area contributed by atoms with E-state index in [0.29, 0.717) is 13.0 Å². The van der Waals surface area contributed by atoms with E-state index < -0.39 is 17.6 Å². The third-order valence-corrected chi connectivity index (χ3v) is 7.00. The summed E-state index contributed by atoms with van der Waals surface area (Å²) in [7, 11) is 0. The van der Waals surface area contributed by atoms with Crippen LogP contribution in [0, 0.1) is 5.92 Å². The molecule has 0 radical (unpaired) electrons. The number of fused-ring (bicyclic) bond motifs is 3. The number of nitrogens with one attached hydrogen (secondary N) is 2. The molecule has 1 fully saturated rings. The fourth-order valence-electron chi connectivity index (χ4n) is 5.03. The number of alkyl carbamates (subject to hydrolysis) is 1. The number of amides is 2. The van der Waals surface area contributed by atoms with E-state index in [4.69, 9.17) is 9.84 Å². The molecular weight excluding hydrogens is 432 g/mol. The number of carbonyl (C=O) groups excluding carboxylic acids is 2. The average molecular weight is 465 g/mol. The number of carboxylic acids is 1. The smallest absolute Gasteiger partial charge is 0.407 e. The molecule has 2 aromatic rings. The third kappa shape index (κ3) is 5.41. The van der Waals surface area contributed by atoms with Gasteiger partial charge in [-0.1, -0.05) is 55.5 Å². The molecule has 0 heterocycles. The van der Waals surface area contributed by atoms with Crippen molar-refractivity contribution in [2.24, 2.45) is 5.92 Å². The molecule has 1 saturated carbocycles. The Balaban J connectivity index is 1.28. The van der Waals surface area contributed by atoms with Crippen LogP contribution in [0.1, 0.15) is 62.5 Å². The van der Waals surface area contributed by atoms with Crippen molar-refractivity contribution in [2.75, 3.05) is 13.2 Å². The second-order valence-electron chi connectivity index (χ2n) is 9.60. The van der Waals surface area contributed by atoms with Crippen molar-refractivity contribution in [1.82, 2.24) is 10.6 Å². The summed E-state index contributed by atoms with van der Waals surface area (Å²) >= 11 is 0. The van der Waals surface area contributed by atoms with Gasteiger partial charge in [-0.25, -0.2) is 4.79 Å². The van der Waals surface area contributed by atoms with Crippen LogP contribution in [-0.2, 0) is 14.3 Å². The van der Waals surface area contributed by atoms with Gasteiger partial charge in [0.1, 0.15) is 6.61 Å². The minimum Gasteiger partial charge on any atom is -0.481 e. The minimum absolute atomic E-state index is 0.00517. The Bertz CT molecular complexity index is 1020. The molecular formula is C27H32N2O5. The van der Waals surface area contributed by atoms with Crippen molar-refractivity contribution in [2.45, 2.75) is 56.9 Å². The number of hydrogen-bond acceptors (Lipinski definition) is 4. The van der Waals surface area contributed by atoms with Crippen molar-refractivity contribution in [3.8, 4) is 11.1 Å². The molecule has 0 bridgehead atoms. The summed E-state index contributed by atoms with van der Waals surface area (Å²) in [6.07, 6.45) is 2.81. The van der Waals surface area contributed by atoms with Crippen molar-refractivity contribution in [3.63, 3.8) is 0 Å². The van der Waals surface area contributed by atoms with E-state index in [-0.39, 0.29) is 37.2 Å². The Morgan fingerprint density at radius 2 is 1.68 bits per heavy atom. The van der Waals surface area contributed by atoms with Crippen LogP contribution in [0.5, 0.6) is 0 Å². The number of carbonyl (C=O) groups is 3. The molecule has 0 aromatic heterocycles. The lowest BCUT2D eigenvalue weighted by Crippen LogP contribution is -2.56. The zero-order chi connectivity index (χ0) is 24.1. The summed E-state index contributed by atoms with van der Waals surface area (Å²) in [6.45, 7) is 2.52. The van der Waals surface area contributed by atoms with Crippen LogP contribution < -0.4 is 10.6 Å². The molecule has 0 spiro atoms. The quantitative estimate of drug-likeness (QED) is 0.482. The maximum absolute atomic E-state index is 12.7. The van der Waals surface area contributed by atoms with Crippen LogP contribution in [0.15, 0.2) is 48.5 Å². The maximum Gasteiger partial charge on any atom is 0.407 e. The summed E-state index contributed by atoms with van der Waals surface area (Å²) in [6, 6.07) is 16.4. The van der Waals surface area contributed by atoms with Crippen molar-refractivity contribution in [1.29, 1.82) is 0 Å². The van der Waals surface area contributed by atoms with Gasteiger partial charge in [-0.05, 0) is 53.9 Å². The summed E-state index contributed by atoms with van der Waals surface area (Å²) in [5.74, 6) is -0.985. The Morgan fingerprint density at radius 1 is 1.06 bits per heavy atom. The molecule has 1 unspecified atom stereocenters. The fraction of sp³-hybridized carbons (Fsp3) is 0.444. The highest BCUT2D eigenvalue weighted by molar-refractivity contribution is 5.80. The van der Waals surface area contributed by atoms with Crippen molar-refractivity contribution in [3.05, 3.63) is 59.7 Å². The van der Waals surface area contributed by atoms with Crippen LogP contribution >= 0.6 is 0 Å². The largest absolute Gasteiger partial charge is 0.481 e. The number of benzene rings is 2.